The molecule has 1 amide bonds. The molecule has 0 bridgehead atoms. The fourth-order valence-corrected chi connectivity index (χ4v) is 3.32. The SMILES string of the molecule is Cc1ccc([C@H](C)NC(=O)CN(c2ccc(C)cc2)S(C)(=O)=O)cc1. The van der Waals surface area contributed by atoms with E-state index in [0.717, 1.165) is 27.3 Å². The normalized spacial score (nSPS) is 12.5. The van der Waals surface area contributed by atoms with Crippen molar-refractivity contribution < 1.29 is 13.2 Å². The van der Waals surface area contributed by atoms with Gasteiger partial charge >= 0.3 is 0 Å². The van der Waals surface area contributed by atoms with Crippen LogP contribution in [0, 0.1) is 13.8 Å². The van der Waals surface area contributed by atoms with E-state index in [0.29, 0.717) is 5.69 Å². The van der Waals surface area contributed by atoms with E-state index in [4.69, 9.17) is 0 Å². The van der Waals surface area contributed by atoms with Crippen LogP contribution in [0.3, 0.4) is 0 Å². The smallest absolute Gasteiger partial charge is 0.241 e. The van der Waals surface area contributed by atoms with Crippen molar-refractivity contribution in [2.75, 3.05) is 17.1 Å². The Labute approximate surface area is 149 Å². The predicted molar refractivity (Wildman–Crippen MR) is 101 cm³/mol. The summed E-state index contributed by atoms with van der Waals surface area (Å²) in [6, 6.07) is 14.7. The Morgan fingerprint density at radius 1 is 1.00 bits per heavy atom. The molecule has 0 saturated heterocycles. The van der Waals surface area contributed by atoms with Crippen LogP contribution in [0.15, 0.2) is 48.5 Å². The second-order valence-electron chi connectivity index (χ2n) is 6.31. The Morgan fingerprint density at radius 2 is 1.48 bits per heavy atom. The largest absolute Gasteiger partial charge is 0.348 e. The maximum atomic E-state index is 12.4. The number of benzene rings is 2. The minimum absolute atomic E-state index is 0.201. The van der Waals surface area contributed by atoms with Crippen LogP contribution >= 0.6 is 0 Å². The number of aryl methyl sites for hydroxylation is 2. The molecule has 0 radical (unpaired) electrons. The molecular formula is C19H24N2O3S. The molecule has 0 aliphatic heterocycles. The number of hydrogen-bond donors (Lipinski definition) is 1. The first-order valence-corrected chi connectivity index (χ1v) is 9.92. The van der Waals surface area contributed by atoms with Gasteiger partial charge in [-0.1, -0.05) is 47.5 Å². The molecule has 1 N–H and O–H groups in total. The number of rotatable bonds is 6. The number of carbonyl (C=O) groups excluding carboxylic acids is 1. The summed E-state index contributed by atoms with van der Waals surface area (Å²) in [7, 11) is -3.56. The number of anilines is 1. The average Bonchev–Trinajstić information content (AvgIpc) is 2.53. The van der Waals surface area contributed by atoms with Crippen molar-refractivity contribution >= 4 is 21.6 Å². The average molecular weight is 360 g/mol. The Hall–Kier alpha value is -2.34. The summed E-state index contributed by atoms with van der Waals surface area (Å²) in [5, 5.41) is 2.85. The summed E-state index contributed by atoms with van der Waals surface area (Å²) in [5.41, 5.74) is 3.62. The van der Waals surface area contributed by atoms with Crippen molar-refractivity contribution in [3.8, 4) is 0 Å². The molecule has 0 fully saturated rings. The maximum Gasteiger partial charge on any atom is 0.241 e. The van der Waals surface area contributed by atoms with Gasteiger partial charge in [-0.05, 0) is 38.5 Å². The number of nitrogens with zero attached hydrogens (tertiary/aromatic N) is 1. The van der Waals surface area contributed by atoms with Crippen LogP contribution in [0.1, 0.15) is 29.7 Å². The summed E-state index contributed by atoms with van der Waals surface area (Å²) in [6.45, 7) is 5.54. The zero-order valence-corrected chi connectivity index (χ0v) is 15.8. The zero-order valence-electron chi connectivity index (χ0n) is 15.0. The first kappa shape index (κ1) is 19.0. The zero-order chi connectivity index (χ0) is 18.6. The molecule has 0 spiro atoms. The molecule has 2 rings (SSSR count). The summed E-state index contributed by atoms with van der Waals surface area (Å²) >= 11 is 0. The highest BCUT2D eigenvalue weighted by Crippen LogP contribution is 2.18. The molecule has 1 atom stereocenters. The Kier molecular flexibility index (Phi) is 5.85. The molecule has 25 heavy (non-hydrogen) atoms. The molecule has 134 valence electrons. The van der Waals surface area contributed by atoms with Crippen molar-refractivity contribution in [2.24, 2.45) is 0 Å². The topological polar surface area (TPSA) is 66.5 Å². The number of sulfonamides is 1. The van der Waals surface area contributed by atoms with E-state index in [1.165, 1.54) is 0 Å². The monoisotopic (exact) mass is 360 g/mol. The highest BCUT2D eigenvalue weighted by Gasteiger charge is 2.21. The fourth-order valence-electron chi connectivity index (χ4n) is 2.47. The van der Waals surface area contributed by atoms with Gasteiger partial charge in [-0.25, -0.2) is 8.42 Å². The van der Waals surface area contributed by atoms with Gasteiger partial charge in [0, 0.05) is 0 Å². The fraction of sp³-hybridized carbons (Fsp3) is 0.316. The van der Waals surface area contributed by atoms with Crippen molar-refractivity contribution in [1.29, 1.82) is 0 Å². The van der Waals surface area contributed by atoms with Crippen LogP contribution in [-0.2, 0) is 14.8 Å². The van der Waals surface area contributed by atoms with Gasteiger partial charge in [0.05, 0.1) is 18.0 Å². The van der Waals surface area contributed by atoms with Gasteiger partial charge in [0.1, 0.15) is 6.54 Å². The second-order valence-corrected chi connectivity index (χ2v) is 8.21. The Morgan fingerprint density at radius 3 is 1.96 bits per heavy atom. The third-order valence-corrected chi connectivity index (χ3v) is 5.10. The van der Waals surface area contributed by atoms with Gasteiger partial charge in [-0.2, -0.15) is 0 Å². The van der Waals surface area contributed by atoms with E-state index in [9.17, 15) is 13.2 Å². The van der Waals surface area contributed by atoms with E-state index < -0.39 is 10.0 Å². The van der Waals surface area contributed by atoms with Gasteiger partial charge in [0.25, 0.3) is 0 Å². The van der Waals surface area contributed by atoms with E-state index in [2.05, 4.69) is 5.32 Å². The van der Waals surface area contributed by atoms with Crippen LogP contribution in [-0.4, -0.2) is 27.1 Å². The summed E-state index contributed by atoms with van der Waals surface area (Å²) in [4.78, 5) is 12.4. The highest BCUT2D eigenvalue weighted by molar-refractivity contribution is 7.92. The Balaban J connectivity index is 2.12. The van der Waals surface area contributed by atoms with Crippen LogP contribution in [0.4, 0.5) is 5.69 Å². The molecule has 2 aromatic rings. The maximum absolute atomic E-state index is 12.4. The quantitative estimate of drug-likeness (QED) is 0.861. The van der Waals surface area contributed by atoms with Crippen molar-refractivity contribution in [2.45, 2.75) is 26.8 Å². The van der Waals surface area contributed by atoms with E-state index in [1.807, 2.05) is 57.2 Å². The first-order valence-electron chi connectivity index (χ1n) is 8.07. The van der Waals surface area contributed by atoms with Gasteiger partial charge < -0.3 is 5.32 Å². The molecule has 0 heterocycles. The summed E-state index contributed by atoms with van der Waals surface area (Å²) in [5.74, 6) is -0.348. The molecule has 0 unspecified atom stereocenters. The lowest BCUT2D eigenvalue weighted by atomic mass is 10.1. The lowest BCUT2D eigenvalue weighted by molar-refractivity contribution is -0.120. The number of hydrogen-bond acceptors (Lipinski definition) is 3. The highest BCUT2D eigenvalue weighted by atomic mass is 32.2. The van der Waals surface area contributed by atoms with E-state index in [1.54, 1.807) is 12.1 Å². The molecule has 2 aromatic carbocycles. The van der Waals surface area contributed by atoms with Crippen molar-refractivity contribution in [1.82, 2.24) is 5.32 Å². The minimum atomic E-state index is -3.56. The standard InChI is InChI=1S/C19H24N2O3S/c1-14-5-9-17(10-6-14)16(3)20-19(22)13-21(25(4,23)24)18-11-7-15(2)8-12-18/h5-12,16H,13H2,1-4H3,(H,20,22)/t16-/m0/s1. The number of amides is 1. The Bertz CT molecular complexity index is 828. The third-order valence-electron chi connectivity index (χ3n) is 3.96. The van der Waals surface area contributed by atoms with Crippen LogP contribution in [0.5, 0.6) is 0 Å². The van der Waals surface area contributed by atoms with Crippen LogP contribution < -0.4 is 9.62 Å². The predicted octanol–water partition coefficient (Wildman–Crippen LogP) is 2.95. The van der Waals surface area contributed by atoms with Gasteiger partial charge in [0.15, 0.2) is 0 Å². The lowest BCUT2D eigenvalue weighted by Gasteiger charge is -2.23. The molecular weight excluding hydrogens is 336 g/mol. The molecule has 0 aliphatic rings. The first-order chi connectivity index (χ1) is 11.7. The van der Waals surface area contributed by atoms with Gasteiger partial charge in [-0.15, -0.1) is 0 Å². The van der Waals surface area contributed by atoms with E-state index in [-0.39, 0.29) is 18.5 Å². The molecule has 0 saturated carbocycles. The van der Waals surface area contributed by atoms with Gasteiger partial charge in [-0.3, -0.25) is 9.10 Å². The summed E-state index contributed by atoms with van der Waals surface area (Å²) in [6.07, 6.45) is 1.10. The number of carbonyl (C=O) groups is 1. The summed E-state index contributed by atoms with van der Waals surface area (Å²) < 4.78 is 25.3. The van der Waals surface area contributed by atoms with Crippen molar-refractivity contribution in [3.05, 3.63) is 65.2 Å². The lowest BCUT2D eigenvalue weighted by Crippen LogP contribution is -2.41. The minimum Gasteiger partial charge on any atom is -0.348 e. The van der Waals surface area contributed by atoms with E-state index >= 15 is 0 Å². The molecule has 0 aromatic heterocycles. The van der Waals surface area contributed by atoms with Crippen LogP contribution in [0.2, 0.25) is 0 Å². The van der Waals surface area contributed by atoms with Gasteiger partial charge in [0.2, 0.25) is 15.9 Å². The number of nitrogens with one attached hydrogen (secondary N) is 1. The van der Waals surface area contributed by atoms with Crippen LogP contribution in [0.25, 0.3) is 0 Å². The molecule has 0 aliphatic carbocycles. The molecule has 6 heteroatoms. The van der Waals surface area contributed by atoms with Crippen molar-refractivity contribution in [3.63, 3.8) is 0 Å². The third kappa shape index (κ3) is 5.32. The molecule has 5 nitrogen and oxygen atoms in total. The second kappa shape index (κ2) is 7.70.